The molecule has 0 radical (unpaired) electrons. The van der Waals surface area contributed by atoms with Crippen molar-refractivity contribution in [2.75, 3.05) is 24.7 Å². The molecule has 0 aliphatic heterocycles. The lowest BCUT2D eigenvalue weighted by molar-refractivity contribution is 0.0544. The van der Waals surface area contributed by atoms with Crippen LogP contribution in [0.15, 0.2) is 40.9 Å². The van der Waals surface area contributed by atoms with Gasteiger partial charge in [0.05, 0.1) is 24.4 Å². The fourth-order valence-corrected chi connectivity index (χ4v) is 4.50. The predicted molar refractivity (Wildman–Crippen MR) is 140 cm³/mol. The van der Waals surface area contributed by atoms with Crippen LogP contribution in [0, 0.1) is 0 Å². The smallest absolute Gasteiger partial charge is 0.434 e. The Morgan fingerprint density at radius 3 is 2.59 bits per heavy atom. The molecule has 0 bridgehead atoms. The minimum absolute atomic E-state index is 0.373. The normalized spacial score (nSPS) is 11.2. The number of aliphatic imine (C=N–C) groups is 1. The van der Waals surface area contributed by atoms with E-state index in [1.54, 1.807) is 6.21 Å². The lowest BCUT2D eigenvalue weighted by Gasteiger charge is -2.11. The Labute approximate surface area is 201 Å². The largest absolute Gasteiger partial charge is 0.508 e. The van der Waals surface area contributed by atoms with E-state index in [4.69, 9.17) is 9.47 Å². The molecule has 1 aromatic carbocycles. The fourth-order valence-electron chi connectivity index (χ4n) is 3.27. The van der Waals surface area contributed by atoms with Crippen LogP contribution in [0.2, 0.25) is 0 Å². The molecule has 0 N–H and O–H groups in total. The minimum Gasteiger partial charge on any atom is -0.434 e. The first-order valence-electron chi connectivity index (χ1n) is 11.3. The Kier molecular flexibility index (Phi) is 12.9. The van der Waals surface area contributed by atoms with E-state index in [1.807, 2.05) is 37.0 Å². The highest BCUT2D eigenvalue weighted by Crippen LogP contribution is 2.37. The van der Waals surface area contributed by atoms with Crippen LogP contribution < -0.4 is 0 Å². The van der Waals surface area contributed by atoms with Crippen LogP contribution in [-0.4, -0.2) is 42.1 Å². The number of thiol groups is 1. The average molecular weight is 475 g/mol. The summed E-state index contributed by atoms with van der Waals surface area (Å²) in [6, 6.07) is 6.27. The third kappa shape index (κ3) is 8.87. The number of pyridine rings is 1. The Bertz CT molecular complexity index is 887. The van der Waals surface area contributed by atoms with Gasteiger partial charge >= 0.3 is 6.16 Å². The standard InChI is InChI=1S/C25H34N2O3S2/c1-3-20-19-22(21-13-11-14-27-24(21)23(20)26-4-2)32-18-10-8-6-5-7-9-15-29-25(28)30-16-12-17-31/h3-4,11,13-14,19,31H,1,5-10,12,15-18H2,2H3. The second kappa shape index (κ2) is 15.8. The molecule has 0 atom stereocenters. The van der Waals surface area contributed by atoms with Crippen molar-refractivity contribution < 1.29 is 14.3 Å². The van der Waals surface area contributed by atoms with Gasteiger partial charge in [0, 0.05) is 28.3 Å². The first kappa shape index (κ1) is 26.3. The summed E-state index contributed by atoms with van der Waals surface area (Å²) in [5.74, 6) is 1.77. The molecule has 0 saturated carbocycles. The van der Waals surface area contributed by atoms with Gasteiger partial charge in [-0.25, -0.2) is 4.79 Å². The number of benzene rings is 1. The zero-order valence-electron chi connectivity index (χ0n) is 18.9. The molecular formula is C25H34N2O3S2. The number of carbonyl (C=O) groups excluding carboxylic acids is 1. The molecular weight excluding hydrogens is 440 g/mol. The number of carbonyl (C=O) groups is 1. The average Bonchev–Trinajstić information content (AvgIpc) is 2.81. The monoisotopic (exact) mass is 474 g/mol. The molecule has 0 amide bonds. The second-order valence-electron chi connectivity index (χ2n) is 7.30. The Morgan fingerprint density at radius 1 is 1.16 bits per heavy atom. The van der Waals surface area contributed by atoms with Crippen LogP contribution >= 0.6 is 24.4 Å². The third-order valence-corrected chi connectivity index (χ3v) is 6.33. The summed E-state index contributed by atoms with van der Waals surface area (Å²) in [7, 11) is 0. The molecule has 7 heteroatoms. The Balaban J connectivity index is 1.67. The van der Waals surface area contributed by atoms with E-state index >= 15 is 0 Å². The maximum atomic E-state index is 11.3. The van der Waals surface area contributed by atoms with Gasteiger partial charge in [0.15, 0.2) is 0 Å². The molecule has 0 aliphatic carbocycles. The number of ether oxygens (including phenoxy) is 2. The van der Waals surface area contributed by atoms with Gasteiger partial charge in [-0.2, -0.15) is 12.6 Å². The van der Waals surface area contributed by atoms with Crippen LogP contribution in [0.4, 0.5) is 10.5 Å². The number of hydrogen-bond acceptors (Lipinski definition) is 7. The molecule has 5 nitrogen and oxygen atoms in total. The number of thioether (sulfide) groups is 1. The van der Waals surface area contributed by atoms with Gasteiger partial charge in [-0.05, 0) is 49.8 Å². The van der Waals surface area contributed by atoms with Crippen molar-refractivity contribution >= 4 is 59.4 Å². The van der Waals surface area contributed by atoms with Crippen molar-refractivity contribution in [1.82, 2.24) is 4.98 Å². The van der Waals surface area contributed by atoms with Gasteiger partial charge in [-0.1, -0.05) is 44.4 Å². The zero-order chi connectivity index (χ0) is 23.0. The number of nitrogens with zero attached hydrogens (tertiary/aromatic N) is 2. The van der Waals surface area contributed by atoms with Crippen molar-refractivity contribution in [2.45, 2.75) is 56.8 Å². The van der Waals surface area contributed by atoms with E-state index in [9.17, 15) is 4.79 Å². The Hall–Kier alpha value is -1.99. The molecule has 0 unspecified atom stereocenters. The summed E-state index contributed by atoms with van der Waals surface area (Å²) in [5, 5.41) is 1.15. The fraction of sp³-hybridized carbons (Fsp3) is 0.480. The van der Waals surface area contributed by atoms with E-state index in [-0.39, 0.29) is 0 Å². The lowest BCUT2D eigenvalue weighted by atomic mass is 10.1. The van der Waals surface area contributed by atoms with Crippen molar-refractivity contribution in [3.8, 4) is 0 Å². The van der Waals surface area contributed by atoms with Crippen LogP contribution in [0.1, 0.15) is 57.4 Å². The van der Waals surface area contributed by atoms with Crippen molar-refractivity contribution in [3.63, 3.8) is 0 Å². The van der Waals surface area contributed by atoms with E-state index in [2.05, 4.69) is 41.3 Å². The molecule has 0 fully saturated rings. The minimum atomic E-state index is -0.569. The summed E-state index contributed by atoms with van der Waals surface area (Å²) >= 11 is 5.94. The first-order valence-corrected chi connectivity index (χ1v) is 12.9. The topological polar surface area (TPSA) is 60.8 Å². The van der Waals surface area contributed by atoms with Gasteiger partial charge in [0.2, 0.25) is 0 Å². The maximum Gasteiger partial charge on any atom is 0.508 e. The van der Waals surface area contributed by atoms with E-state index in [0.29, 0.717) is 19.0 Å². The molecule has 0 spiro atoms. The molecule has 174 valence electrons. The SMILES string of the molecule is C=Cc1cc(SCCCCCCCCOC(=O)OCCCS)c2cccnc2c1N=CC. The lowest BCUT2D eigenvalue weighted by Crippen LogP contribution is -2.09. The van der Waals surface area contributed by atoms with Crippen molar-refractivity contribution in [2.24, 2.45) is 4.99 Å². The van der Waals surface area contributed by atoms with Gasteiger partial charge in [-0.3, -0.25) is 9.98 Å². The summed E-state index contributed by atoms with van der Waals surface area (Å²) in [6.45, 7) is 6.67. The summed E-state index contributed by atoms with van der Waals surface area (Å²) in [5.41, 5.74) is 2.83. The number of hydrogen-bond donors (Lipinski definition) is 1. The van der Waals surface area contributed by atoms with Crippen LogP contribution in [-0.2, 0) is 9.47 Å². The number of aromatic nitrogens is 1. The van der Waals surface area contributed by atoms with E-state index in [1.165, 1.54) is 24.2 Å². The third-order valence-electron chi connectivity index (χ3n) is 4.87. The van der Waals surface area contributed by atoms with E-state index in [0.717, 1.165) is 53.6 Å². The predicted octanol–water partition coefficient (Wildman–Crippen LogP) is 7.51. The van der Waals surface area contributed by atoms with Crippen molar-refractivity contribution in [1.29, 1.82) is 0 Å². The van der Waals surface area contributed by atoms with Gasteiger partial charge in [0.1, 0.15) is 0 Å². The summed E-state index contributed by atoms with van der Waals surface area (Å²) < 4.78 is 9.97. The van der Waals surface area contributed by atoms with Crippen molar-refractivity contribution in [3.05, 3.63) is 36.5 Å². The van der Waals surface area contributed by atoms with Crippen LogP contribution in [0.5, 0.6) is 0 Å². The highest BCUT2D eigenvalue weighted by molar-refractivity contribution is 7.99. The summed E-state index contributed by atoms with van der Waals surface area (Å²) in [6.07, 6.45) is 12.3. The quantitative estimate of drug-likeness (QED) is 0.0951. The first-order chi connectivity index (χ1) is 15.7. The molecule has 32 heavy (non-hydrogen) atoms. The number of unbranched alkanes of at least 4 members (excludes halogenated alkanes) is 5. The number of fused-ring (bicyclic) bond motifs is 1. The highest BCUT2D eigenvalue weighted by atomic mass is 32.2. The molecule has 1 aromatic heterocycles. The zero-order valence-corrected chi connectivity index (χ0v) is 20.6. The maximum absolute atomic E-state index is 11.3. The molecule has 2 aromatic rings. The van der Waals surface area contributed by atoms with Crippen LogP contribution in [0.25, 0.3) is 17.0 Å². The number of rotatable bonds is 15. The van der Waals surface area contributed by atoms with Gasteiger partial charge in [0.25, 0.3) is 0 Å². The molecule has 1 heterocycles. The Morgan fingerprint density at radius 2 is 1.88 bits per heavy atom. The summed E-state index contributed by atoms with van der Waals surface area (Å²) in [4.78, 5) is 21.7. The van der Waals surface area contributed by atoms with E-state index < -0.39 is 6.16 Å². The second-order valence-corrected chi connectivity index (χ2v) is 8.88. The van der Waals surface area contributed by atoms with Gasteiger partial charge in [-0.15, -0.1) is 11.8 Å². The molecule has 0 aliphatic rings. The molecule has 0 saturated heterocycles. The van der Waals surface area contributed by atoms with Gasteiger partial charge < -0.3 is 9.47 Å². The highest BCUT2D eigenvalue weighted by Gasteiger charge is 2.11. The van der Waals surface area contributed by atoms with Crippen LogP contribution in [0.3, 0.4) is 0 Å². The molecule has 2 rings (SSSR count).